The third kappa shape index (κ3) is 1.73. The summed E-state index contributed by atoms with van der Waals surface area (Å²) in [5.74, 6) is -0.937. The second-order valence-electron chi connectivity index (χ2n) is 3.86. The van der Waals surface area contributed by atoms with Gasteiger partial charge in [-0.1, -0.05) is 13.0 Å². The van der Waals surface area contributed by atoms with Crippen molar-refractivity contribution in [3.05, 3.63) is 29.1 Å². The molecule has 0 radical (unpaired) electrons. The van der Waals surface area contributed by atoms with Crippen LogP contribution in [0.5, 0.6) is 5.75 Å². The molecule has 0 saturated carbocycles. The zero-order chi connectivity index (χ0) is 10.9. The van der Waals surface area contributed by atoms with Crippen LogP contribution in [-0.2, 0) is 5.54 Å². The molecule has 0 bridgehead atoms. The van der Waals surface area contributed by atoms with Gasteiger partial charge in [-0.05, 0) is 31.9 Å². The minimum Gasteiger partial charge on any atom is -0.505 e. The molecule has 1 aromatic carbocycles. The van der Waals surface area contributed by atoms with Crippen molar-refractivity contribution in [2.75, 3.05) is 0 Å². The predicted molar refractivity (Wildman–Crippen MR) is 54.6 cm³/mol. The molecule has 78 valence electrons. The maximum atomic E-state index is 13.1. The first-order valence-electron chi connectivity index (χ1n) is 4.67. The molecule has 0 amide bonds. The lowest BCUT2D eigenvalue weighted by Crippen LogP contribution is -2.33. The van der Waals surface area contributed by atoms with Crippen LogP contribution in [-0.4, -0.2) is 5.11 Å². The van der Waals surface area contributed by atoms with Crippen LogP contribution in [0.2, 0.25) is 0 Å². The zero-order valence-corrected chi connectivity index (χ0v) is 8.76. The molecule has 1 rings (SSSR count). The molecule has 0 saturated heterocycles. The number of rotatable bonds is 2. The molecule has 1 aromatic rings. The zero-order valence-electron chi connectivity index (χ0n) is 8.76. The largest absolute Gasteiger partial charge is 0.505 e. The van der Waals surface area contributed by atoms with Crippen molar-refractivity contribution in [1.29, 1.82) is 0 Å². The summed E-state index contributed by atoms with van der Waals surface area (Å²) in [5.41, 5.74) is 6.61. The smallest absolute Gasteiger partial charge is 0.165 e. The molecular weight excluding hydrogens is 181 g/mol. The van der Waals surface area contributed by atoms with E-state index in [2.05, 4.69) is 0 Å². The van der Waals surface area contributed by atoms with Crippen LogP contribution in [0, 0.1) is 12.7 Å². The summed E-state index contributed by atoms with van der Waals surface area (Å²) in [7, 11) is 0. The summed E-state index contributed by atoms with van der Waals surface area (Å²) in [4.78, 5) is 0. The van der Waals surface area contributed by atoms with E-state index in [1.807, 2.05) is 13.8 Å². The topological polar surface area (TPSA) is 46.2 Å². The first kappa shape index (κ1) is 11.0. The highest BCUT2D eigenvalue weighted by molar-refractivity contribution is 5.44. The molecule has 3 heteroatoms. The Balaban J connectivity index is 3.40. The molecule has 14 heavy (non-hydrogen) atoms. The average Bonchev–Trinajstić information content (AvgIpc) is 2.12. The lowest BCUT2D eigenvalue weighted by Gasteiger charge is -2.26. The van der Waals surface area contributed by atoms with Crippen LogP contribution in [0.1, 0.15) is 31.4 Å². The molecule has 0 heterocycles. The van der Waals surface area contributed by atoms with Gasteiger partial charge in [0.1, 0.15) is 0 Å². The minimum atomic E-state index is -0.684. The second-order valence-corrected chi connectivity index (χ2v) is 3.86. The molecule has 0 aliphatic heterocycles. The highest BCUT2D eigenvalue weighted by Crippen LogP contribution is 2.34. The van der Waals surface area contributed by atoms with Crippen molar-refractivity contribution in [2.45, 2.75) is 32.7 Å². The number of phenols is 1. The normalized spacial score (nSPS) is 15.2. The third-order valence-electron chi connectivity index (χ3n) is 2.64. The van der Waals surface area contributed by atoms with Crippen LogP contribution in [0.15, 0.2) is 12.1 Å². The number of hydrogen-bond donors (Lipinski definition) is 2. The second kappa shape index (κ2) is 3.58. The Kier molecular flexibility index (Phi) is 2.81. The third-order valence-corrected chi connectivity index (χ3v) is 2.64. The Hall–Kier alpha value is -1.09. The van der Waals surface area contributed by atoms with Gasteiger partial charge in [0.25, 0.3) is 0 Å². The lowest BCUT2D eigenvalue weighted by atomic mass is 9.86. The predicted octanol–water partition coefficient (Wildman–Crippen LogP) is 2.42. The summed E-state index contributed by atoms with van der Waals surface area (Å²) in [6.07, 6.45) is 0.644. The molecule has 1 atom stereocenters. The van der Waals surface area contributed by atoms with E-state index in [0.29, 0.717) is 12.0 Å². The number of aryl methyl sites for hydroxylation is 1. The van der Waals surface area contributed by atoms with Crippen LogP contribution < -0.4 is 5.73 Å². The molecule has 1 unspecified atom stereocenters. The van der Waals surface area contributed by atoms with Crippen molar-refractivity contribution in [1.82, 2.24) is 0 Å². The fourth-order valence-corrected chi connectivity index (χ4v) is 1.56. The van der Waals surface area contributed by atoms with Crippen molar-refractivity contribution in [3.63, 3.8) is 0 Å². The highest BCUT2D eigenvalue weighted by atomic mass is 19.1. The van der Waals surface area contributed by atoms with Crippen molar-refractivity contribution in [2.24, 2.45) is 5.73 Å². The molecule has 0 spiro atoms. The average molecular weight is 197 g/mol. The van der Waals surface area contributed by atoms with E-state index in [1.54, 1.807) is 13.0 Å². The van der Waals surface area contributed by atoms with E-state index in [-0.39, 0.29) is 5.75 Å². The Morgan fingerprint density at radius 1 is 1.50 bits per heavy atom. The maximum absolute atomic E-state index is 13.1. The fourth-order valence-electron chi connectivity index (χ4n) is 1.56. The van der Waals surface area contributed by atoms with E-state index < -0.39 is 11.4 Å². The van der Waals surface area contributed by atoms with Gasteiger partial charge in [0.15, 0.2) is 11.6 Å². The summed E-state index contributed by atoms with van der Waals surface area (Å²) >= 11 is 0. The number of halogens is 1. The molecule has 2 nitrogen and oxygen atoms in total. The minimum absolute atomic E-state index is 0.322. The lowest BCUT2D eigenvalue weighted by molar-refractivity contribution is 0.389. The van der Waals surface area contributed by atoms with Gasteiger partial charge >= 0.3 is 0 Å². The van der Waals surface area contributed by atoms with Crippen LogP contribution in [0.25, 0.3) is 0 Å². The van der Waals surface area contributed by atoms with Crippen LogP contribution in [0.3, 0.4) is 0 Å². The molecule has 0 aliphatic carbocycles. The molecule has 0 fully saturated rings. The van der Waals surface area contributed by atoms with Crippen molar-refractivity contribution in [3.8, 4) is 5.75 Å². The molecule has 0 aliphatic rings. The Morgan fingerprint density at radius 3 is 2.57 bits per heavy atom. The quantitative estimate of drug-likeness (QED) is 0.764. The van der Waals surface area contributed by atoms with E-state index >= 15 is 0 Å². The Labute approximate surface area is 83.6 Å². The monoisotopic (exact) mass is 197 g/mol. The van der Waals surface area contributed by atoms with Gasteiger partial charge in [0, 0.05) is 11.1 Å². The Bertz CT molecular complexity index is 347. The van der Waals surface area contributed by atoms with Crippen LogP contribution >= 0.6 is 0 Å². The number of phenolic OH excluding ortho intramolecular Hbond substituents is 1. The highest BCUT2D eigenvalue weighted by Gasteiger charge is 2.26. The van der Waals surface area contributed by atoms with Gasteiger partial charge < -0.3 is 10.8 Å². The summed E-state index contributed by atoms with van der Waals surface area (Å²) in [6.45, 7) is 5.51. The molecule has 0 aromatic heterocycles. The van der Waals surface area contributed by atoms with Gasteiger partial charge in [-0.2, -0.15) is 0 Å². The van der Waals surface area contributed by atoms with Gasteiger partial charge in [-0.15, -0.1) is 0 Å². The molecular formula is C11H16FNO. The van der Waals surface area contributed by atoms with Gasteiger partial charge in [0.2, 0.25) is 0 Å². The number of benzene rings is 1. The van der Waals surface area contributed by atoms with E-state index in [4.69, 9.17) is 5.73 Å². The number of nitrogens with two attached hydrogens (primary N) is 1. The standard InChI is InChI=1S/C11H16FNO/c1-4-11(3,13)9-7(2)5-6-8(12)10(9)14/h5-6,14H,4,13H2,1-3H3. The maximum Gasteiger partial charge on any atom is 0.165 e. The van der Waals surface area contributed by atoms with Crippen molar-refractivity contribution >= 4 is 0 Å². The number of hydrogen-bond acceptors (Lipinski definition) is 2. The fraction of sp³-hybridized carbons (Fsp3) is 0.455. The van der Waals surface area contributed by atoms with E-state index in [9.17, 15) is 9.50 Å². The first-order valence-corrected chi connectivity index (χ1v) is 4.67. The van der Waals surface area contributed by atoms with E-state index in [1.165, 1.54) is 6.07 Å². The van der Waals surface area contributed by atoms with Gasteiger partial charge in [-0.3, -0.25) is 0 Å². The summed E-state index contributed by atoms with van der Waals surface area (Å²) < 4.78 is 13.1. The van der Waals surface area contributed by atoms with Crippen molar-refractivity contribution < 1.29 is 9.50 Å². The number of aromatic hydroxyl groups is 1. The molecule has 3 N–H and O–H groups in total. The van der Waals surface area contributed by atoms with E-state index in [0.717, 1.165) is 5.56 Å². The summed E-state index contributed by atoms with van der Waals surface area (Å²) in [6, 6.07) is 2.88. The Morgan fingerprint density at radius 2 is 2.07 bits per heavy atom. The van der Waals surface area contributed by atoms with Gasteiger partial charge in [0.05, 0.1) is 0 Å². The summed E-state index contributed by atoms with van der Waals surface area (Å²) in [5, 5.41) is 9.59. The first-order chi connectivity index (χ1) is 6.40. The van der Waals surface area contributed by atoms with Gasteiger partial charge in [-0.25, -0.2) is 4.39 Å². The SMILES string of the molecule is CCC(C)(N)c1c(C)ccc(F)c1O. The van der Waals surface area contributed by atoms with Crippen LogP contribution in [0.4, 0.5) is 4.39 Å².